The summed E-state index contributed by atoms with van der Waals surface area (Å²) in [6.45, 7) is 7.84. The van der Waals surface area contributed by atoms with Crippen molar-refractivity contribution in [3.63, 3.8) is 0 Å². The normalized spacial score (nSPS) is 10.9. The van der Waals surface area contributed by atoms with Crippen molar-refractivity contribution in [3.8, 4) is 0 Å². The van der Waals surface area contributed by atoms with E-state index in [1.807, 2.05) is 0 Å². The second kappa shape index (κ2) is 25.2. The highest BCUT2D eigenvalue weighted by atomic mass is 16.5. The van der Waals surface area contributed by atoms with Gasteiger partial charge in [0.05, 0.1) is 6.61 Å². The zero-order valence-electron chi connectivity index (χ0n) is 19.6. The van der Waals surface area contributed by atoms with Crippen LogP contribution in [-0.4, -0.2) is 12.6 Å². The highest BCUT2D eigenvalue weighted by Crippen LogP contribution is 2.15. The van der Waals surface area contributed by atoms with Crippen LogP contribution in [0.4, 0.5) is 0 Å². The molecule has 0 aliphatic rings. The number of carbonyl (C=O) groups is 1. The lowest BCUT2D eigenvalue weighted by molar-refractivity contribution is -0.137. The van der Waals surface area contributed by atoms with Crippen molar-refractivity contribution in [1.82, 2.24) is 0 Å². The molecule has 0 N–H and O–H groups in total. The molecule has 0 aromatic heterocycles. The van der Waals surface area contributed by atoms with Crippen molar-refractivity contribution < 1.29 is 9.53 Å². The topological polar surface area (TPSA) is 26.3 Å². The van der Waals surface area contributed by atoms with Crippen LogP contribution in [0.1, 0.15) is 141 Å². The smallest absolute Gasteiger partial charge is 0.330 e. The van der Waals surface area contributed by atoms with Crippen LogP contribution in [0.25, 0.3) is 0 Å². The Kier molecular flexibility index (Phi) is 24.6. The molecule has 2 heteroatoms. The Balaban J connectivity index is 3.01. The summed E-state index contributed by atoms with van der Waals surface area (Å²) < 4.78 is 4.98. The van der Waals surface area contributed by atoms with Crippen molar-refractivity contribution in [2.75, 3.05) is 6.61 Å². The van der Waals surface area contributed by atoms with Crippen molar-refractivity contribution >= 4 is 5.97 Å². The lowest BCUT2D eigenvalue weighted by Gasteiger charge is -2.04. The maximum atomic E-state index is 10.9. The summed E-state index contributed by atoms with van der Waals surface area (Å²) in [5, 5.41) is 0. The largest absolute Gasteiger partial charge is 0.463 e. The second-order valence-electron chi connectivity index (χ2n) is 8.65. The molecule has 0 rings (SSSR count). The minimum absolute atomic E-state index is 0.299. The van der Waals surface area contributed by atoms with Crippen LogP contribution in [0, 0.1) is 6.92 Å². The lowest BCUT2D eigenvalue weighted by atomic mass is 10.0. The van der Waals surface area contributed by atoms with Gasteiger partial charge in [-0.1, -0.05) is 148 Å². The molecule has 1 radical (unpaired) electrons. The van der Waals surface area contributed by atoms with E-state index in [1.54, 1.807) is 0 Å². The third-order valence-corrected chi connectivity index (χ3v) is 5.81. The third-order valence-electron chi connectivity index (χ3n) is 5.81. The summed E-state index contributed by atoms with van der Waals surface area (Å²) in [5.41, 5.74) is 0. The molecular weight excluding hydrogens is 356 g/mol. The molecule has 0 aromatic rings. The summed E-state index contributed by atoms with van der Waals surface area (Å²) in [7, 11) is 0. The van der Waals surface area contributed by atoms with Gasteiger partial charge >= 0.3 is 5.97 Å². The van der Waals surface area contributed by atoms with Crippen LogP contribution in [0.15, 0.2) is 12.7 Å². The molecule has 0 amide bonds. The van der Waals surface area contributed by atoms with Crippen LogP contribution in [0.2, 0.25) is 0 Å². The van der Waals surface area contributed by atoms with Gasteiger partial charge in [0.25, 0.3) is 0 Å². The fourth-order valence-electron chi connectivity index (χ4n) is 3.87. The van der Waals surface area contributed by atoms with E-state index in [4.69, 9.17) is 4.74 Å². The number of hydrogen-bond acceptors (Lipinski definition) is 2. The van der Waals surface area contributed by atoms with Crippen LogP contribution < -0.4 is 0 Å². The van der Waals surface area contributed by atoms with Gasteiger partial charge in [0, 0.05) is 6.08 Å². The Hall–Kier alpha value is -0.790. The van der Waals surface area contributed by atoms with Gasteiger partial charge in [-0.3, -0.25) is 0 Å². The summed E-state index contributed by atoms with van der Waals surface area (Å²) in [4.78, 5) is 10.9. The molecule has 0 aromatic carbocycles. The van der Waals surface area contributed by atoms with Gasteiger partial charge in [-0.25, -0.2) is 4.79 Å². The summed E-state index contributed by atoms with van der Waals surface area (Å²) in [6, 6.07) is 0. The number of hydrogen-bond donors (Lipinski definition) is 0. The van der Waals surface area contributed by atoms with E-state index in [0.717, 1.165) is 12.8 Å². The number of esters is 1. The molecule has 0 aliphatic heterocycles. The highest BCUT2D eigenvalue weighted by Gasteiger charge is 1.97. The monoisotopic (exact) mass is 407 g/mol. The third kappa shape index (κ3) is 25.2. The molecule has 0 atom stereocenters. The molecule has 171 valence electrons. The molecule has 0 aliphatic carbocycles. The SMILES string of the molecule is [CH2]CCCCCCCCCCCCCCCCCCCCCCCOC(=O)C=C. The van der Waals surface area contributed by atoms with Crippen LogP contribution in [-0.2, 0) is 9.53 Å². The second-order valence-corrected chi connectivity index (χ2v) is 8.65. The maximum absolute atomic E-state index is 10.9. The first-order valence-electron chi connectivity index (χ1n) is 12.9. The average molecular weight is 408 g/mol. The van der Waals surface area contributed by atoms with Crippen molar-refractivity contribution in [1.29, 1.82) is 0 Å². The Morgan fingerprint density at radius 1 is 0.517 bits per heavy atom. The number of carbonyl (C=O) groups excluding carboxylic acids is 1. The van der Waals surface area contributed by atoms with E-state index in [1.165, 1.54) is 134 Å². The van der Waals surface area contributed by atoms with Gasteiger partial charge in [-0.2, -0.15) is 0 Å². The van der Waals surface area contributed by atoms with Crippen LogP contribution in [0.5, 0.6) is 0 Å². The van der Waals surface area contributed by atoms with Gasteiger partial charge in [-0.05, 0) is 6.42 Å². The average Bonchev–Trinajstić information content (AvgIpc) is 2.74. The molecule has 0 saturated carbocycles. The maximum Gasteiger partial charge on any atom is 0.330 e. The molecule has 0 saturated heterocycles. The number of ether oxygens (including phenoxy) is 1. The minimum atomic E-state index is -0.299. The Labute approximate surface area is 183 Å². The van der Waals surface area contributed by atoms with Crippen molar-refractivity contribution in [2.45, 2.75) is 141 Å². The van der Waals surface area contributed by atoms with E-state index in [9.17, 15) is 4.79 Å². The zero-order valence-corrected chi connectivity index (χ0v) is 19.6. The molecule has 0 bridgehead atoms. The predicted molar refractivity (Wildman–Crippen MR) is 128 cm³/mol. The first-order chi connectivity index (χ1) is 14.3. The molecule has 2 nitrogen and oxygen atoms in total. The lowest BCUT2D eigenvalue weighted by Crippen LogP contribution is -2.01. The number of rotatable bonds is 24. The van der Waals surface area contributed by atoms with Gasteiger partial charge in [0.2, 0.25) is 0 Å². The first-order valence-corrected chi connectivity index (χ1v) is 12.9. The Bertz CT molecular complexity index is 337. The van der Waals surface area contributed by atoms with Gasteiger partial charge < -0.3 is 4.74 Å². The van der Waals surface area contributed by atoms with E-state index >= 15 is 0 Å². The standard InChI is InChI=1S/C27H51O2/c1-3-5-6-7-8-9-10-11-12-13-14-15-16-17-18-19-20-21-22-23-24-25-26-29-27(28)4-2/h4H,1-3,5-26H2. The van der Waals surface area contributed by atoms with E-state index < -0.39 is 0 Å². The quantitative estimate of drug-likeness (QED) is 0.0905. The highest BCUT2D eigenvalue weighted by molar-refractivity contribution is 5.81. The molecule has 29 heavy (non-hydrogen) atoms. The summed E-state index contributed by atoms with van der Waals surface area (Å²) in [6.07, 6.45) is 31.3. The first kappa shape index (κ1) is 28.2. The molecule has 0 spiro atoms. The Morgan fingerprint density at radius 3 is 1.07 bits per heavy atom. The van der Waals surface area contributed by atoms with Crippen molar-refractivity contribution in [2.24, 2.45) is 0 Å². The fourth-order valence-corrected chi connectivity index (χ4v) is 3.87. The van der Waals surface area contributed by atoms with Gasteiger partial charge in [0.15, 0.2) is 0 Å². The fraction of sp³-hybridized carbons (Fsp3) is 0.852. The molecule has 0 fully saturated rings. The molecule has 0 unspecified atom stereocenters. The van der Waals surface area contributed by atoms with E-state index in [-0.39, 0.29) is 5.97 Å². The van der Waals surface area contributed by atoms with Crippen LogP contribution in [0.3, 0.4) is 0 Å². The number of unbranched alkanes of at least 4 members (excludes halogenated alkanes) is 21. The van der Waals surface area contributed by atoms with Crippen molar-refractivity contribution in [3.05, 3.63) is 19.6 Å². The molecular formula is C27H51O2. The van der Waals surface area contributed by atoms with Gasteiger partial charge in [0.1, 0.15) is 0 Å². The summed E-state index contributed by atoms with van der Waals surface area (Å²) >= 11 is 0. The Morgan fingerprint density at radius 2 is 0.793 bits per heavy atom. The zero-order chi connectivity index (χ0) is 21.3. The van der Waals surface area contributed by atoms with Gasteiger partial charge in [-0.15, -0.1) is 0 Å². The predicted octanol–water partition coefficient (Wildman–Crippen LogP) is 9.13. The summed E-state index contributed by atoms with van der Waals surface area (Å²) in [5.74, 6) is -0.299. The molecule has 0 heterocycles. The van der Waals surface area contributed by atoms with E-state index in [2.05, 4.69) is 13.5 Å². The van der Waals surface area contributed by atoms with Crippen LogP contribution >= 0.6 is 0 Å². The van der Waals surface area contributed by atoms with E-state index in [0.29, 0.717) is 6.61 Å². The minimum Gasteiger partial charge on any atom is -0.463 e.